The Kier molecular flexibility index (Phi) is 5.22. The molecule has 2 heterocycles. The van der Waals surface area contributed by atoms with Gasteiger partial charge in [0, 0.05) is 29.3 Å². The first-order valence-corrected chi connectivity index (χ1v) is 8.11. The third-order valence-electron chi connectivity index (χ3n) is 3.87. The molecule has 2 amide bonds. The van der Waals surface area contributed by atoms with Gasteiger partial charge in [-0.2, -0.15) is 0 Å². The fourth-order valence-corrected chi connectivity index (χ4v) is 3.49. The van der Waals surface area contributed by atoms with Gasteiger partial charge in [-0.05, 0) is 44.7 Å². The van der Waals surface area contributed by atoms with Crippen molar-refractivity contribution in [3.63, 3.8) is 0 Å². The number of aliphatic carboxylic acids is 1. The molecule has 1 aromatic rings. The Bertz CT molecular complexity index is 515. The first-order valence-electron chi connectivity index (χ1n) is 7.29. The molecule has 0 aromatic carbocycles. The second-order valence-corrected chi connectivity index (χ2v) is 6.97. The summed E-state index contributed by atoms with van der Waals surface area (Å²) in [6.07, 6.45) is 1.73. The fraction of sp³-hybridized carbons (Fsp3) is 0.600. The summed E-state index contributed by atoms with van der Waals surface area (Å²) in [5, 5.41) is 11.7. The summed E-state index contributed by atoms with van der Waals surface area (Å²) in [6, 6.07) is 4.06. The Morgan fingerprint density at radius 1 is 1.52 bits per heavy atom. The third kappa shape index (κ3) is 4.46. The highest BCUT2D eigenvalue weighted by molar-refractivity contribution is 7.12. The van der Waals surface area contributed by atoms with E-state index in [4.69, 9.17) is 5.11 Å². The molecule has 116 valence electrons. The molecule has 2 atom stereocenters. The van der Waals surface area contributed by atoms with E-state index in [1.807, 2.05) is 13.0 Å². The number of rotatable bonds is 5. The van der Waals surface area contributed by atoms with E-state index in [0.717, 1.165) is 11.3 Å². The number of nitrogens with one attached hydrogen (secondary N) is 1. The number of nitrogens with zero attached hydrogens (tertiary/aromatic N) is 1. The van der Waals surface area contributed by atoms with Crippen molar-refractivity contribution in [3.8, 4) is 0 Å². The van der Waals surface area contributed by atoms with Crippen molar-refractivity contribution >= 4 is 23.3 Å². The van der Waals surface area contributed by atoms with Gasteiger partial charge in [0.2, 0.25) is 0 Å². The monoisotopic (exact) mass is 310 g/mol. The van der Waals surface area contributed by atoms with Crippen LogP contribution in [0.15, 0.2) is 12.1 Å². The number of hydrogen-bond acceptors (Lipinski definition) is 3. The number of urea groups is 1. The van der Waals surface area contributed by atoms with Gasteiger partial charge in [0.25, 0.3) is 0 Å². The van der Waals surface area contributed by atoms with E-state index >= 15 is 0 Å². The van der Waals surface area contributed by atoms with Crippen LogP contribution >= 0.6 is 11.3 Å². The highest BCUT2D eigenvalue weighted by Gasteiger charge is 2.27. The van der Waals surface area contributed by atoms with Crippen LogP contribution in [0.25, 0.3) is 0 Å². The quantitative estimate of drug-likeness (QED) is 0.878. The molecule has 2 rings (SSSR count). The molecule has 1 aliphatic rings. The SMILES string of the molecule is Cc1ccc(C(C)NC(=O)N2CCC(CCC(=O)O)C2)s1. The van der Waals surface area contributed by atoms with Crippen LogP contribution < -0.4 is 5.32 Å². The van der Waals surface area contributed by atoms with E-state index in [9.17, 15) is 9.59 Å². The average molecular weight is 310 g/mol. The van der Waals surface area contributed by atoms with E-state index < -0.39 is 5.97 Å². The molecule has 21 heavy (non-hydrogen) atoms. The zero-order valence-corrected chi connectivity index (χ0v) is 13.3. The normalized spacial score (nSPS) is 19.5. The molecule has 1 fully saturated rings. The lowest BCUT2D eigenvalue weighted by Gasteiger charge is -2.20. The first kappa shape index (κ1) is 15.8. The highest BCUT2D eigenvalue weighted by Crippen LogP contribution is 2.24. The summed E-state index contributed by atoms with van der Waals surface area (Å²) in [7, 11) is 0. The minimum absolute atomic E-state index is 0.00858. The number of amides is 2. The molecule has 6 heteroatoms. The highest BCUT2D eigenvalue weighted by atomic mass is 32.1. The van der Waals surface area contributed by atoms with E-state index in [0.29, 0.717) is 25.4 Å². The van der Waals surface area contributed by atoms with E-state index in [1.54, 1.807) is 16.2 Å². The second kappa shape index (κ2) is 6.93. The number of thiophene rings is 1. The van der Waals surface area contributed by atoms with Gasteiger partial charge < -0.3 is 15.3 Å². The number of carbonyl (C=O) groups is 2. The van der Waals surface area contributed by atoms with Crippen molar-refractivity contribution in [1.82, 2.24) is 10.2 Å². The van der Waals surface area contributed by atoms with Crippen molar-refractivity contribution in [3.05, 3.63) is 21.9 Å². The third-order valence-corrected chi connectivity index (χ3v) is 5.05. The Labute approximate surface area is 129 Å². The van der Waals surface area contributed by atoms with Gasteiger partial charge in [-0.15, -0.1) is 11.3 Å². The van der Waals surface area contributed by atoms with Gasteiger partial charge in [0.15, 0.2) is 0 Å². The number of likely N-dealkylation sites (tertiary alicyclic amines) is 1. The van der Waals surface area contributed by atoms with Crippen molar-refractivity contribution in [1.29, 1.82) is 0 Å². The van der Waals surface area contributed by atoms with Gasteiger partial charge in [-0.1, -0.05) is 0 Å². The number of hydrogen-bond donors (Lipinski definition) is 2. The van der Waals surface area contributed by atoms with E-state index in [2.05, 4.69) is 18.3 Å². The molecule has 0 radical (unpaired) electrons. The molecular formula is C15H22N2O3S. The molecule has 1 saturated heterocycles. The number of carboxylic acids is 1. The maximum absolute atomic E-state index is 12.2. The van der Waals surface area contributed by atoms with Gasteiger partial charge in [-0.3, -0.25) is 4.79 Å². The van der Waals surface area contributed by atoms with Crippen LogP contribution in [0.5, 0.6) is 0 Å². The Morgan fingerprint density at radius 3 is 2.90 bits per heavy atom. The summed E-state index contributed by atoms with van der Waals surface area (Å²) in [4.78, 5) is 27.0. The molecule has 0 spiro atoms. The molecule has 0 saturated carbocycles. The first-order chi connectivity index (χ1) is 9.95. The fourth-order valence-electron chi connectivity index (χ4n) is 2.61. The Morgan fingerprint density at radius 2 is 2.29 bits per heavy atom. The van der Waals surface area contributed by atoms with Crippen LogP contribution in [0, 0.1) is 12.8 Å². The smallest absolute Gasteiger partial charge is 0.317 e. The lowest BCUT2D eigenvalue weighted by Crippen LogP contribution is -2.39. The number of carboxylic acid groups (broad SMARTS) is 1. The summed E-state index contributed by atoms with van der Waals surface area (Å²) >= 11 is 1.69. The molecule has 5 nitrogen and oxygen atoms in total. The maximum atomic E-state index is 12.2. The molecular weight excluding hydrogens is 288 g/mol. The van der Waals surface area contributed by atoms with Crippen molar-refractivity contribution < 1.29 is 14.7 Å². The number of carbonyl (C=O) groups excluding carboxylic acids is 1. The zero-order chi connectivity index (χ0) is 15.4. The number of aryl methyl sites for hydroxylation is 1. The lowest BCUT2D eigenvalue weighted by atomic mass is 10.0. The minimum Gasteiger partial charge on any atom is -0.481 e. The minimum atomic E-state index is -0.764. The Balaban J connectivity index is 1.80. The van der Waals surface area contributed by atoms with Crippen LogP contribution in [-0.2, 0) is 4.79 Å². The van der Waals surface area contributed by atoms with Gasteiger partial charge >= 0.3 is 12.0 Å². The largest absolute Gasteiger partial charge is 0.481 e. The maximum Gasteiger partial charge on any atom is 0.317 e. The molecule has 2 unspecified atom stereocenters. The lowest BCUT2D eigenvalue weighted by molar-refractivity contribution is -0.137. The van der Waals surface area contributed by atoms with Gasteiger partial charge in [-0.25, -0.2) is 4.79 Å². The van der Waals surface area contributed by atoms with E-state index in [1.165, 1.54) is 4.88 Å². The van der Waals surface area contributed by atoms with Crippen LogP contribution in [0.2, 0.25) is 0 Å². The Hall–Kier alpha value is -1.56. The van der Waals surface area contributed by atoms with E-state index in [-0.39, 0.29) is 18.5 Å². The average Bonchev–Trinajstić information content (AvgIpc) is 3.05. The van der Waals surface area contributed by atoms with Crippen molar-refractivity contribution in [2.24, 2.45) is 5.92 Å². The summed E-state index contributed by atoms with van der Waals surface area (Å²) in [5.74, 6) is -0.453. The predicted molar refractivity (Wildman–Crippen MR) is 82.6 cm³/mol. The molecule has 1 aromatic heterocycles. The molecule has 2 N–H and O–H groups in total. The van der Waals surface area contributed by atoms with Crippen LogP contribution in [-0.4, -0.2) is 35.1 Å². The molecule has 0 bridgehead atoms. The summed E-state index contributed by atoms with van der Waals surface area (Å²) < 4.78 is 0. The van der Waals surface area contributed by atoms with Crippen LogP contribution in [0.1, 0.15) is 42.0 Å². The van der Waals surface area contributed by atoms with Crippen molar-refractivity contribution in [2.45, 2.75) is 39.2 Å². The molecule has 1 aliphatic heterocycles. The summed E-state index contributed by atoms with van der Waals surface area (Å²) in [5.41, 5.74) is 0. The topological polar surface area (TPSA) is 69.6 Å². The van der Waals surface area contributed by atoms with Crippen molar-refractivity contribution in [2.75, 3.05) is 13.1 Å². The van der Waals surface area contributed by atoms with Gasteiger partial charge in [0.1, 0.15) is 0 Å². The van der Waals surface area contributed by atoms with Gasteiger partial charge in [0.05, 0.1) is 6.04 Å². The second-order valence-electron chi connectivity index (χ2n) is 5.65. The zero-order valence-electron chi connectivity index (χ0n) is 12.5. The van der Waals surface area contributed by atoms with Crippen LogP contribution in [0.4, 0.5) is 4.79 Å². The predicted octanol–water partition coefficient (Wildman–Crippen LogP) is 3.01. The van der Waals surface area contributed by atoms with Crippen LogP contribution in [0.3, 0.4) is 0 Å². The summed E-state index contributed by atoms with van der Waals surface area (Å²) in [6.45, 7) is 5.42. The molecule has 0 aliphatic carbocycles. The standard InChI is InChI=1S/C15H22N2O3S/c1-10-3-5-13(21-10)11(2)16-15(20)17-8-7-12(9-17)4-6-14(18)19/h3,5,11-12H,4,6-9H2,1-2H3,(H,16,20)(H,18,19).